The maximum Gasteiger partial charge on any atom is 0.305 e. The van der Waals surface area contributed by atoms with E-state index in [1.54, 1.807) is 23.9 Å². The van der Waals surface area contributed by atoms with Crippen LogP contribution in [0.2, 0.25) is 0 Å². The van der Waals surface area contributed by atoms with Gasteiger partial charge in [0, 0.05) is 30.5 Å². The Labute approximate surface area is 100.0 Å². The molecule has 1 aromatic heterocycles. The third-order valence-corrected chi connectivity index (χ3v) is 2.36. The molecule has 0 fully saturated rings. The van der Waals surface area contributed by atoms with Gasteiger partial charge in [-0.2, -0.15) is 0 Å². The smallest absolute Gasteiger partial charge is 0.305 e. The Morgan fingerprint density at radius 2 is 2.29 bits per heavy atom. The number of aromatic nitrogens is 2. The van der Waals surface area contributed by atoms with Crippen molar-refractivity contribution in [2.45, 2.75) is 39.2 Å². The maximum atomic E-state index is 11.0. The highest BCUT2D eigenvalue weighted by Crippen LogP contribution is 2.10. The first-order valence-electron chi connectivity index (χ1n) is 5.78. The van der Waals surface area contributed by atoms with Crippen molar-refractivity contribution in [2.24, 2.45) is 5.18 Å². The van der Waals surface area contributed by atoms with Crippen LogP contribution in [-0.4, -0.2) is 22.1 Å². The molecule has 1 heterocycles. The van der Waals surface area contributed by atoms with Crippen molar-refractivity contribution in [3.63, 3.8) is 0 Å². The molecular weight excluding hydrogens is 222 g/mol. The fourth-order valence-electron chi connectivity index (χ4n) is 1.53. The second-order valence-electron chi connectivity index (χ2n) is 3.63. The van der Waals surface area contributed by atoms with E-state index in [-0.39, 0.29) is 11.9 Å². The second kappa shape index (κ2) is 7.54. The van der Waals surface area contributed by atoms with Gasteiger partial charge in [0.25, 0.3) is 5.95 Å². The summed E-state index contributed by atoms with van der Waals surface area (Å²) in [6, 6.07) is 0. The van der Waals surface area contributed by atoms with Gasteiger partial charge in [0.2, 0.25) is 0 Å². The van der Waals surface area contributed by atoms with Gasteiger partial charge in [-0.05, 0) is 19.8 Å². The fourth-order valence-corrected chi connectivity index (χ4v) is 1.53. The maximum absolute atomic E-state index is 11.0. The van der Waals surface area contributed by atoms with E-state index in [4.69, 9.17) is 4.74 Å². The van der Waals surface area contributed by atoms with E-state index >= 15 is 0 Å². The molecule has 0 aliphatic carbocycles. The quantitative estimate of drug-likeness (QED) is 0.396. The minimum atomic E-state index is -0.148. The topological polar surface area (TPSA) is 73.6 Å². The molecule has 0 atom stereocenters. The highest BCUT2D eigenvalue weighted by molar-refractivity contribution is 5.69. The Hall–Kier alpha value is -1.72. The summed E-state index contributed by atoms with van der Waals surface area (Å²) in [4.78, 5) is 25.2. The van der Waals surface area contributed by atoms with E-state index in [1.807, 2.05) is 0 Å². The Morgan fingerprint density at radius 3 is 3.00 bits per heavy atom. The summed E-state index contributed by atoms with van der Waals surface area (Å²) >= 11 is 0. The van der Waals surface area contributed by atoms with E-state index in [1.165, 1.54) is 0 Å². The standard InChI is InChI=1S/C11H17N3O3/c1-2-17-10(15)6-4-3-5-8-14-9-7-12-11(14)13-16/h7,9H,2-6,8H2,1H3. The van der Waals surface area contributed by atoms with E-state index in [9.17, 15) is 9.70 Å². The number of esters is 1. The van der Waals surface area contributed by atoms with Gasteiger partial charge in [-0.1, -0.05) is 6.42 Å². The van der Waals surface area contributed by atoms with Crippen molar-refractivity contribution in [3.8, 4) is 0 Å². The molecule has 0 amide bonds. The lowest BCUT2D eigenvalue weighted by Gasteiger charge is -2.03. The number of nitroso groups, excluding NO2 is 1. The largest absolute Gasteiger partial charge is 0.466 e. The van der Waals surface area contributed by atoms with Gasteiger partial charge in [-0.25, -0.2) is 4.98 Å². The summed E-state index contributed by atoms with van der Waals surface area (Å²) < 4.78 is 6.53. The third-order valence-electron chi connectivity index (χ3n) is 2.36. The van der Waals surface area contributed by atoms with Crippen molar-refractivity contribution in [3.05, 3.63) is 17.3 Å². The zero-order valence-electron chi connectivity index (χ0n) is 9.96. The first kappa shape index (κ1) is 13.3. The predicted molar refractivity (Wildman–Crippen MR) is 62.8 cm³/mol. The van der Waals surface area contributed by atoms with Gasteiger partial charge in [0.05, 0.1) is 6.61 Å². The fraction of sp³-hybridized carbons (Fsp3) is 0.636. The summed E-state index contributed by atoms with van der Waals surface area (Å²) in [6.07, 6.45) is 6.33. The molecule has 0 saturated carbocycles. The monoisotopic (exact) mass is 239 g/mol. The number of aryl methyl sites for hydroxylation is 1. The number of carbonyl (C=O) groups excluding carboxylic acids is 1. The first-order chi connectivity index (χ1) is 8.27. The summed E-state index contributed by atoms with van der Waals surface area (Å²) in [6.45, 7) is 2.93. The first-order valence-corrected chi connectivity index (χ1v) is 5.78. The van der Waals surface area contributed by atoms with Crippen molar-refractivity contribution >= 4 is 11.9 Å². The van der Waals surface area contributed by atoms with Crippen molar-refractivity contribution in [1.29, 1.82) is 0 Å². The summed E-state index contributed by atoms with van der Waals surface area (Å²) in [5.41, 5.74) is 0. The number of rotatable bonds is 8. The van der Waals surface area contributed by atoms with E-state index in [2.05, 4.69) is 10.2 Å². The molecule has 94 valence electrons. The molecule has 0 N–H and O–H groups in total. The molecule has 0 radical (unpaired) electrons. The van der Waals surface area contributed by atoms with Crippen LogP contribution in [-0.2, 0) is 16.1 Å². The molecule has 1 rings (SSSR count). The molecule has 6 heteroatoms. The van der Waals surface area contributed by atoms with Crippen LogP contribution in [0.5, 0.6) is 0 Å². The van der Waals surface area contributed by atoms with Crippen LogP contribution in [0.25, 0.3) is 0 Å². The zero-order chi connectivity index (χ0) is 12.5. The molecule has 0 saturated heterocycles. The van der Waals surface area contributed by atoms with Crippen LogP contribution in [0.1, 0.15) is 32.6 Å². The average Bonchev–Trinajstić information content (AvgIpc) is 2.76. The number of carbonyl (C=O) groups is 1. The Morgan fingerprint density at radius 1 is 1.47 bits per heavy atom. The van der Waals surface area contributed by atoms with Gasteiger partial charge in [0.15, 0.2) is 0 Å². The Kier molecular flexibility index (Phi) is 5.92. The van der Waals surface area contributed by atoms with Crippen molar-refractivity contribution in [2.75, 3.05) is 6.61 Å². The lowest BCUT2D eigenvalue weighted by molar-refractivity contribution is -0.143. The SMILES string of the molecule is CCOC(=O)CCCCCn1ccnc1N=O. The summed E-state index contributed by atoms with van der Waals surface area (Å²) in [7, 11) is 0. The normalized spacial score (nSPS) is 10.2. The van der Waals surface area contributed by atoms with Gasteiger partial charge in [-0.15, -0.1) is 4.91 Å². The predicted octanol–water partition coefficient (Wildman–Crippen LogP) is 2.40. The van der Waals surface area contributed by atoms with Crippen LogP contribution in [0.3, 0.4) is 0 Å². The lowest BCUT2D eigenvalue weighted by atomic mass is 10.2. The molecule has 0 aromatic carbocycles. The van der Waals surface area contributed by atoms with Crippen molar-refractivity contribution in [1.82, 2.24) is 9.55 Å². The van der Waals surface area contributed by atoms with Gasteiger partial charge in [-0.3, -0.25) is 4.79 Å². The molecule has 1 aromatic rings. The molecular formula is C11H17N3O3. The van der Waals surface area contributed by atoms with Crippen molar-refractivity contribution < 1.29 is 9.53 Å². The summed E-state index contributed by atoms with van der Waals surface area (Å²) in [5.74, 6) is 0.0563. The molecule has 0 aliphatic rings. The van der Waals surface area contributed by atoms with Crippen LogP contribution < -0.4 is 0 Å². The number of hydrogen-bond acceptors (Lipinski definition) is 5. The highest BCUT2D eigenvalue weighted by atomic mass is 16.5. The third kappa shape index (κ3) is 4.76. The van der Waals surface area contributed by atoms with Crippen LogP contribution in [0.4, 0.5) is 5.95 Å². The van der Waals surface area contributed by atoms with E-state index in [0.717, 1.165) is 19.3 Å². The number of unbranched alkanes of at least 4 members (excludes halogenated alkanes) is 2. The summed E-state index contributed by atoms with van der Waals surface area (Å²) in [5, 5.41) is 2.81. The number of ether oxygens (including phenoxy) is 1. The van der Waals surface area contributed by atoms with Gasteiger partial charge < -0.3 is 9.30 Å². The Balaban J connectivity index is 2.12. The zero-order valence-corrected chi connectivity index (χ0v) is 9.96. The number of imidazole rings is 1. The minimum absolute atomic E-state index is 0.148. The van der Waals surface area contributed by atoms with E-state index < -0.39 is 0 Å². The van der Waals surface area contributed by atoms with Gasteiger partial charge >= 0.3 is 5.97 Å². The van der Waals surface area contributed by atoms with Crippen LogP contribution >= 0.6 is 0 Å². The second-order valence-corrected chi connectivity index (χ2v) is 3.63. The number of hydrogen-bond donors (Lipinski definition) is 0. The minimum Gasteiger partial charge on any atom is -0.466 e. The lowest BCUT2D eigenvalue weighted by Crippen LogP contribution is -2.03. The molecule has 0 aliphatic heterocycles. The highest BCUT2D eigenvalue weighted by Gasteiger charge is 2.03. The molecule has 0 spiro atoms. The van der Waals surface area contributed by atoms with Crippen LogP contribution in [0.15, 0.2) is 17.6 Å². The molecule has 17 heavy (non-hydrogen) atoms. The van der Waals surface area contributed by atoms with Gasteiger partial charge in [0.1, 0.15) is 0 Å². The molecule has 0 unspecified atom stereocenters. The van der Waals surface area contributed by atoms with Crippen LogP contribution in [0, 0.1) is 4.91 Å². The average molecular weight is 239 g/mol. The Bertz CT molecular complexity index is 363. The molecule has 0 bridgehead atoms. The number of nitrogens with zero attached hydrogens (tertiary/aromatic N) is 3. The van der Waals surface area contributed by atoms with E-state index in [0.29, 0.717) is 19.6 Å². The molecule has 6 nitrogen and oxygen atoms in total.